The highest BCUT2D eigenvalue weighted by Gasteiger charge is 2.14. The van der Waals surface area contributed by atoms with Crippen molar-refractivity contribution in [1.29, 1.82) is 0 Å². The Morgan fingerprint density at radius 3 is 2.55 bits per heavy atom. The van der Waals surface area contributed by atoms with E-state index in [1.54, 1.807) is 18.3 Å². The number of aliphatic imine (C=N–C) groups is 1. The van der Waals surface area contributed by atoms with Crippen LogP contribution in [-0.4, -0.2) is 17.8 Å². The molecule has 0 saturated heterocycles. The molecule has 0 unspecified atom stereocenters. The number of hydrogen-bond donors (Lipinski definition) is 0. The predicted octanol–water partition coefficient (Wildman–Crippen LogP) is 3.52. The van der Waals surface area contributed by atoms with Crippen LogP contribution in [0.15, 0.2) is 58.7 Å². The molecule has 102 valence electrons. The van der Waals surface area contributed by atoms with Crippen molar-refractivity contribution >= 4 is 17.8 Å². The second kappa shape index (κ2) is 6.75. The smallest absolute Gasteiger partial charge is 0.181 e. The summed E-state index contributed by atoms with van der Waals surface area (Å²) in [6.45, 7) is 1.90. The van der Waals surface area contributed by atoms with Crippen molar-refractivity contribution in [3.8, 4) is 0 Å². The molecule has 1 aliphatic rings. The van der Waals surface area contributed by atoms with E-state index in [-0.39, 0.29) is 24.4 Å². The summed E-state index contributed by atoms with van der Waals surface area (Å²) in [5, 5.41) is 0. The van der Waals surface area contributed by atoms with Crippen molar-refractivity contribution in [3.63, 3.8) is 0 Å². The third-order valence-electron chi connectivity index (χ3n) is 3.19. The van der Waals surface area contributed by atoms with Crippen LogP contribution in [0.25, 0.3) is 0 Å². The molecule has 0 amide bonds. The summed E-state index contributed by atoms with van der Waals surface area (Å²) in [5.41, 5.74) is 2.10. The molecule has 1 aliphatic heterocycles. The van der Waals surface area contributed by atoms with E-state index < -0.39 is 0 Å². The van der Waals surface area contributed by atoms with Gasteiger partial charge in [0, 0.05) is 24.6 Å². The quantitative estimate of drug-likeness (QED) is 0.766. The van der Waals surface area contributed by atoms with Crippen molar-refractivity contribution in [1.82, 2.24) is 0 Å². The van der Waals surface area contributed by atoms with E-state index in [9.17, 15) is 9.59 Å². The lowest BCUT2D eigenvalue weighted by molar-refractivity contribution is -0.115. The van der Waals surface area contributed by atoms with Crippen LogP contribution in [0.2, 0.25) is 0 Å². The first-order valence-corrected chi connectivity index (χ1v) is 6.69. The number of carbonyl (C=O) groups excluding carboxylic acids is 2. The fourth-order valence-corrected chi connectivity index (χ4v) is 2.05. The van der Waals surface area contributed by atoms with E-state index in [0.29, 0.717) is 11.3 Å². The number of nitrogens with zero attached hydrogens (tertiary/aromatic N) is 1. The van der Waals surface area contributed by atoms with Crippen molar-refractivity contribution in [3.05, 3.63) is 59.3 Å². The van der Waals surface area contributed by atoms with Gasteiger partial charge in [0.2, 0.25) is 0 Å². The molecule has 0 spiro atoms. The van der Waals surface area contributed by atoms with Gasteiger partial charge in [-0.2, -0.15) is 0 Å². The summed E-state index contributed by atoms with van der Waals surface area (Å²) >= 11 is 0. The predicted molar refractivity (Wildman–Crippen MR) is 80.0 cm³/mol. The molecule has 0 radical (unpaired) electrons. The first kappa shape index (κ1) is 14.1. The lowest BCUT2D eigenvalue weighted by Gasteiger charge is -2.04. The Labute approximate surface area is 118 Å². The van der Waals surface area contributed by atoms with Gasteiger partial charge in [0.05, 0.1) is 0 Å². The van der Waals surface area contributed by atoms with E-state index >= 15 is 0 Å². The molecule has 1 aromatic rings. The van der Waals surface area contributed by atoms with E-state index in [0.717, 1.165) is 12.0 Å². The van der Waals surface area contributed by atoms with E-state index in [1.165, 1.54) is 0 Å². The molecular weight excluding hydrogens is 250 g/mol. The zero-order valence-corrected chi connectivity index (χ0v) is 11.5. The Morgan fingerprint density at radius 1 is 1.10 bits per heavy atom. The summed E-state index contributed by atoms with van der Waals surface area (Å²) < 4.78 is 0. The topological polar surface area (TPSA) is 46.5 Å². The molecule has 0 atom stereocenters. The number of Topliss-reactive ketones (excluding diaryl/α,β-unsaturated/α-hetero) is 2. The molecule has 2 rings (SSSR count). The zero-order chi connectivity index (χ0) is 14.4. The number of allylic oxidation sites excluding steroid dienone is 4. The molecule has 0 aliphatic carbocycles. The first-order valence-electron chi connectivity index (χ1n) is 6.69. The average molecular weight is 267 g/mol. The van der Waals surface area contributed by atoms with Gasteiger partial charge in [0.25, 0.3) is 0 Å². The second-order valence-electron chi connectivity index (χ2n) is 4.75. The normalized spacial score (nSPS) is 14.2. The average Bonchev–Trinajstić information content (AvgIpc) is 2.70. The molecule has 0 N–H and O–H groups in total. The molecule has 0 bridgehead atoms. The fraction of sp³-hybridized carbons (Fsp3) is 0.235. The molecule has 0 fully saturated rings. The molecule has 1 aromatic carbocycles. The fourth-order valence-electron chi connectivity index (χ4n) is 2.05. The van der Waals surface area contributed by atoms with E-state index in [1.807, 2.05) is 37.3 Å². The largest absolute Gasteiger partial charge is 0.294 e. The second-order valence-corrected chi connectivity index (χ2v) is 4.75. The maximum atomic E-state index is 12.1. The Kier molecular flexibility index (Phi) is 4.77. The van der Waals surface area contributed by atoms with Crippen LogP contribution >= 0.6 is 0 Å². The number of hydrogen-bond acceptors (Lipinski definition) is 3. The van der Waals surface area contributed by atoms with Crippen LogP contribution in [-0.2, 0) is 4.79 Å². The minimum Gasteiger partial charge on any atom is -0.294 e. The van der Waals surface area contributed by atoms with Gasteiger partial charge in [0.1, 0.15) is 5.70 Å². The van der Waals surface area contributed by atoms with Crippen LogP contribution in [0.5, 0.6) is 0 Å². The highest BCUT2D eigenvalue weighted by Crippen LogP contribution is 2.17. The van der Waals surface area contributed by atoms with Crippen LogP contribution in [0.4, 0.5) is 0 Å². The van der Waals surface area contributed by atoms with Gasteiger partial charge >= 0.3 is 0 Å². The van der Waals surface area contributed by atoms with Crippen LogP contribution in [0.3, 0.4) is 0 Å². The zero-order valence-electron chi connectivity index (χ0n) is 11.5. The molecule has 0 aromatic heterocycles. The third kappa shape index (κ3) is 3.60. The van der Waals surface area contributed by atoms with Crippen molar-refractivity contribution in [2.75, 3.05) is 0 Å². The number of carbonyl (C=O) groups is 2. The lowest BCUT2D eigenvalue weighted by Crippen LogP contribution is -2.07. The SMILES string of the molecule is CC1=C(C(=O)CCC(=O)c2ccccc2)N=CC=CC1. The van der Waals surface area contributed by atoms with Crippen LogP contribution in [0, 0.1) is 0 Å². The summed E-state index contributed by atoms with van der Waals surface area (Å²) in [4.78, 5) is 28.3. The van der Waals surface area contributed by atoms with Gasteiger partial charge in [-0.05, 0) is 25.0 Å². The standard InChI is InChI=1S/C17H17NO2/c1-13-7-5-6-12-18-17(13)16(20)11-10-15(19)14-8-3-2-4-9-14/h2-6,8-9,12H,7,10-11H2,1H3. The minimum absolute atomic E-state index is 0.00655. The van der Waals surface area contributed by atoms with Crippen LogP contribution in [0.1, 0.15) is 36.5 Å². The summed E-state index contributed by atoms with van der Waals surface area (Å²) in [7, 11) is 0. The van der Waals surface area contributed by atoms with Gasteiger partial charge < -0.3 is 0 Å². The third-order valence-corrected chi connectivity index (χ3v) is 3.19. The summed E-state index contributed by atoms with van der Waals surface area (Å²) in [6.07, 6.45) is 6.59. The van der Waals surface area contributed by atoms with E-state index in [2.05, 4.69) is 4.99 Å². The Morgan fingerprint density at radius 2 is 1.80 bits per heavy atom. The van der Waals surface area contributed by atoms with Gasteiger partial charge in [-0.3, -0.25) is 14.6 Å². The van der Waals surface area contributed by atoms with Gasteiger partial charge in [-0.15, -0.1) is 0 Å². The van der Waals surface area contributed by atoms with Crippen molar-refractivity contribution in [2.24, 2.45) is 4.99 Å². The van der Waals surface area contributed by atoms with Gasteiger partial charge in [-0.1, -0.05) is 36.4 Å². The van der Waals surface area contributed by atoms with Gasteiger partial charge in [-0.25, -0.2) is 0 Å². The summed E-state index contributed by atoms with van der Waals surface area (Å²) in [5.74, 6) is -0.0698. The van der Waals surface area contributed by atoms with Gasteiger partial charge in [0.15, 0.2) is 11.6 Å². The highest BCUT2D eigenvalue weighted by molar-refractivity contribution is 6.02. The first-order chi connectivity index (χ1) is 9.68. The van der Waals surface area contributed by atoms with E-state index in [4.69, 9.17) is 0 Å². The highest BCUT2D eigenvalue weighted by atomic mass is 16.1. The van der Waals surface area contributed by atoms with Crippen molar-refractivity contribution in [2.45, 2.75) is 26.2 Å². The molecule has 3 nitrogen and oxygen atoms in total. The molecule has 20 heavy (non-hydrogen) atoms. The molecule has 3 heteroatoms. The number of benzene rings is 1. The minimum atomic E-state index is -0.0632. The molecule has 0 saturated carbocycles. The van der Waals surface area contributed by atoms with Crippen LogP contribution < -0.4 is 0 Å². The van der Waals surface area contributed by atoms with Crippen molar-refractivity contribution < 1.29 is 9.59 Å². The molecular formula is C17H17NO2. The maximum Gasteiger partial charge on any atom is 0.181 e. The lowest BCUT2D eigenvalue weighted by atomic mass is 10.0. The monoisotopic (exact) mass is 267 g/mol. The molecule has 1 heterocycles. The summed E-state index contributed by atoms with van der Waals surface area (Å²) in [6, 6.07) is 9.05. The maximum absolute atomic E-state index is 12.1. The Bertz CT molecular complexity index is 595. The number of rotatable bonds is 5. The Hall–Kier alpha value is -2.29. The Balaban J connectivity index is 1.98. The number of ketones is 2.